The molecule has 3 heteroatoms. The summed E-state index contributed by atoms with van der Waals surface area (Å²) < 4.78 is 0. The monoisotopic (exact) mass is 244 g/mol. The van der Waals surface area contributed by atoms with E-state index >= 15 is 0 Å². The van der Waals surface area contributed by atoms with E-state index in [1.54, 1.807) is 0 Å². The molecule has 0 fully saturated rings. The van der Waals surface area contributed by atoms with Crippen molar-refractivity contribution >= 4 is 0 Å². The topological polar surface area (TPSA) is 49.5 Å². The van der Waals surface area contributed by atoms with Gasteiger partial charge in [-0.25, -0.2) is 0 Å². The highest BCUT2D eigenvalue weighted by atomic mass is 16.3. The Morgan fingerprint density at radius 3 is 2.18 bits per heavy atom. The van der Waals surface area contributed by atoms with Crippen LogP contribution in [0.2, 0.25) is 0 Å². The van der Waals surface area contributed by atoms with E-state index in [-0.39, 0.29) is 6.17 Å². The minimum Gasteiger partial charge on any atom is -0.376 e. The zero-order chi connectivity index (χ0) is 13.3. The first-order valence-corrected chi connectivity index (χ1v) is 7.30. The molecule has 0 spiro atoms. The summed E-state index contributed by atoms with van der Waals surface area (Å²) >= 11 is 0. The van der Waals surface area contributed by atoms with Gasteiger partial charge in [0.1, 0.15) is 5.72 Å². The average molecular weight is 244 g/mol. The lowest BCUT2D eigenvalue weighted by atomic mass is 10.0. The molecule has 104 valence electrons. The van der Waals surface area contributed by atoms with Gasteiger partial charge in [-0.3, -0.25) is 4.90 Å². The molecule has 0 aromatic heterocycles. The van der Waals surface area contributed by atoms with Gasteiger partial charge >= 0.3 is 0 Å². The summed E-state index contributed by atoms with van der Waals surface area (Å²) in [5, 5.41) is 10.7. The van der Waals surface area contributed by atoms with E-state index in [2.05, 4.69) is 25.7 Å². The molecule has 0 aromatic rings. The van der Waals surface area contributed by atoms with Crippen molar-refractivity contribution in [3.8, 4) is 0 Å². The maximum atomic E-state index is 10.7. The highest BCUT2D eigenvalue weighted by Crippen LogP contribution is 2.25. The second kappa shape index (κ2) is 8.90. The molecule has 17 heavy (non-hydrogen) atoms. The molecule has 2 atom stereocenters. The molecule has 0 aromatic carbocycles. The lowest BCUT2D eigenvalue weighted by molar-refractivity contribution is -0.137. The maximum Gasteiger partial charge on any atom is 0.119 e. The van der Waals surface area contributed by atoms with Gasteiger partial charge in [-0.2, -0.15) is 0 Å². The zero-order valence-electron chi connectivity index (χ0n) is 12.2. The number of nitrogens with two attached hydrogens (primary N) is 1. The Bertz CT molecular complexity index is 187. The van der Waals surface area contributed by atoms with Gasteiger partial charge in [0.05, 0.1) is 6.17 Å². The fourth-order valence-electron chi connectivity index (χ4n) is 2.36. The molecule has 0 aliphatic heterocycles. The van der Waals surface area contributed by atoms with Crippen molar-refractivity contribution in [3.63, 3.8) is 0 Å². The molecule has 0 bridgehead atoms. The molecule has 0 saturated carbocycles. The third-order valence-corrected chi connectivity index (χ3v) is 3.57. The fourth-order valence-corrected chi connectivity index (χ4v) is 2.36. The summed E-state index contributed by atoms with van der Waals surface area (Å²) in [7, 11) is 0. The van der Waals surface area contributed by atoms with Crippen LogP contribution in [0.5, 0.6) is 0 Å². The van der Waals surface area contributed by atoms with Gasteiger partial charge in [0.25, 0.3) is 0 Å². The molecule has 0 aliphatic carbocycles. The van der Waals surface area contributed by atoms with Crippen LogP contribution >= 0.6 is 0 Å². The first-order valence-electron chi connectivity index (χ1n) is 7.30. The number of rotatable bonds is 10. The van der Waals surface area contributed by atoms with E-state index in [1.807, 2.05) is 6.92 Å². The molecule has 0 saturated heterocycles. The summed E-state index contributed by atoms with van der Waals surface area (Å²) in [4.78, 5) is 2.12. The number of nitrogens with zero attached hydrogens (tertiary/aromatic N) is 1. The van der Waals surface area contributed by atoms with Gasteiger partial charge in [0.15, 0.2) is 0 Å². The first kappa shape index (κ1) is 16.9. The normalized spacial score (nSPS) is 17.1. The van der Waals surface area contributed by atoms with Crippen LogP contribution in [0.25, 0.3) is 0 Å². The Hall–Kier alpha value is -0.120. The second-order valence-electron chi connectivity index (χ2n) is 4.96. The van der Waals surface area contributed by atoms with Gasteiger partial charge in [0, 0.05) is 6.54 Å². The molecular weight excluding hydrogens is 212 g/mol. The number of aliphatic hydroxyl groups is 1. The average Bonchev–Trinajstić information content (AvgIpc) is 2.34. The Morgan fingerprint density at radius 1 is 1.12 bits per heavy atom. The van der Waals surface area contributed by atoms with Crippen LogP contribution in [-0.4, -0.2) is 28.4 Å². The molecular formula is C14H32N2O. The fraction of sp³-hybridized carbons (Fsp3) is 1.00. The van der Waals surface area contributed by atoms with Crippen LogP contribution in [0.4, 0.5) is 0 Å². The maximum absolute atomic E-state index is 10.7. The van der Waals surface area contributed by atoms with Gasteiger partial charge < -0.3 is 10.8 Å². The van der Waals surface area contributed by atoms with Gasteiger partial charge in [-0.1, -0.05) is 47.0 Å². The van der Waals surface area contributed by atoms with E-state index in [1.165, 1.54) is 12.8 Å². The van der Waals surface area contributed by atoms with E-state index in [9.17, 15) is 5.11 Å². The van der Waals surface area contributed by atoms with Crippen molar-refractivity contribution in [1.29, 1.82) is 0 Å². The molecule has 2 unspecified atom stereocenters. The van der Waals surface area contributed by atoms with Crippen molar-refractivity contribution < 1.29 is 5.11 Å². The summed E-state index contributed by atoms with van der Waals surface area (Å²) in [6.45, 7) is 9.35. The standard InChI is InChI=1S/C14H32N2O/c1-5-9-10-12-16(13(15)7-3)14(17,8-4)11-6-2/h13,17H,5-12,15H2,1-4H3. The van der Waals surface area contributed by atoms with Crippen molar-refractivity contribution in [2.45, 2.75) is 84.5 Å². The number of hydrogen-bond acceptors (Lipinski definition) is 3. The van der Waals surface area contributed by atoms with Crippen molar-refractivity contribution in [2.75, 3.05) is 6.54 Å². The third-order valence-electron chi connectivity index (χ3n) is 3.57. The van der Waals surface area contributed by atoms with Crippen molar-refractivity contribution in [3.05, 3.63) is 0 Å². The molecule has 0 heterocycles. The smallest absolute Gasteiger partial charge is 0.119 e. The lowest BCUT2D eigenvalue weighted by Crippen LogP contribution is -2.56. The highest BCUT2D eigenvalue weighted by Gasteiger charge is 2.33. The quantitative estimate of drug-likeness (QED) is 0.459. The Balaban J connectivity index is 4.61. The van der Waals surface area contributed by atoms with Crippen LogP contribution in [0.1, 0.15) is 72.6 Å². The van der Waals surface area contributed by atoms with Crippen LogP contribution in [-0.2, 0) is 0 Å². The van der Waals surface area contributed by atoms with Crippen molar-refractivity contribution in [2.24, 2.45) is 5.73 Å². The van der Waals surface area contributed by atoms with E-state index < -0.39 is 5.72 Å². The lowest BCUT2D eigenvalue weighted by Gasteiger charge is -2.42. The second-order valence-corrected chi connectivity index (χ2v) is 4.96. The predicted octanol–water partition coefficient (Wildman–Crippen LogP) is 3.07. The number of hydrogen-bond donors (Lipinski definition) is 2. The molecule has 0 radical (unpaired) electrons. The van der Waals surface area contributed by atoms with Crippen LogP contribution in [0.3, 0.4) is 0 Å². The van der Waals surface area contributed by atoms with Crippen LogP contribution < -0.4 is 5.73 Å². The Morgan fingerprint density at radius 2 is 1.76 bits per heavy atom. The predicted molar refractivity (Wildman–Crippen MR) is 74.6 cm³/mol. The molecule has 3 nitrogen and oxygen atoms in total. The minimum atomic E-state index is -0.710. The summed E-state index contributed by atoms with van der Waals surface area (Å²) in [5.74, 6) is 0. The van der Waals surface area contributed by atoms with Gasteiger partial charge in [-0.15, -0.1) is 0 Å². The van der Waals surface area contributed by atoms with Crippen LogP contribution in [0.15, 0.2) is 0 Å². The summed E-state index contributed by atoms with van der Waals surface area (Å²) in [6, 6.07) is 0. The molecule has 0 rings (SSSR count). The largest absolute Gasteiger partial charge is 0.376 e. The van der Waals surface area contributed by atoms with Crippen molar-refractivity contribution in [1.82, 2.24) is 4.90 Å². The SMILES string of the molecule is CCCCCN(C(N)CC)C(O)(CC)CCC. The third kappa shape index (κ3) is 5.36. The van der Waals surface area contributed by atoms with E-state index in [0.29, 0.717) is 0 Å². The molecule has 0 amide bonds. The Labute approximate surface area is 107 Å². The number of unbranched alkanes of at least 4 members (excludes halogenated alkanes) is 2. The van der Waals surface area contributed by atoms with E-state index in [4.69, 9.17) is 5.73 Å². The van der Waals surface area contributed by atoms with Crippen LogP contribution in [0, 0.1) is 0 Å². The van der Waals surface area contributed by atoms with Gasteiger partial charge in [0.2, 0.25) is 0 Å². The summed E-state index contributed by atoms with van der Waals surface area (Å²) in [5.41, 5.74) is 5.45. The van der Waals surface area contributed by atoms with Gasteiger partial charge in [-0.05, 0) is 25.7 Å². The Kier molecular flexibility index (Phi) is 8.83. The summed E-state index contributed by atoms with van der Waals surface area (Å²) in [6.07, 6.45) is 6.94. The van der Waals surface area contributed by atoms with E-state index in [0.717, 1.165) is 38.6 Å². The highest BCUT2D eigenvalue weighted by molar-refractivity contribution is 4.81. The zero-order valence-corrected chi connectivity index (χ0v) is 12.2. The molecule has 3 N–H and O–H groups in total. The first-order chi connectivity index (χ1) is 8.05. The molecule has 0 aliphatic rings. The minimum absolute atomic E-state index is 0.0247.